The van der Waals surface area contributed by atoms with Gasteiger partial charge in [0, 0.05) is 33.0 Å². The molecular formula is C7H14N2O2. The summed E-state index contributed by atoms with van der Waals surface area (Å²) in [5.41, 5.74) is 0. The Hall–Kier alpha value is -1.16. The van der Waals surface area contributed by atoms with Gasteiger partial charge in [0.05, 0.1) is 0 Å². The molecule has 0 rings (SSSR count). The molecule has 0 heterocycles. The number of aliphatic hydroxyl groups excluding tert-OH is 1. The summed E-state index contributed by atoms with van der Waals surface area (Å²) in [4.78, 5) is 9.82. The molecule has 0 aromatic heterocycles. The summed E-state index contributed by atoms with van der Waals surface area (Å²) < 4.78 is 0. The highest BCUT2D eigenvalue weighted by Crippen LogP contribution is 1.88. The molecule has 0 amide bonds. The van der Waals surface area contributed by atoms with E-state index in [0.29, 0.717) is 13.0 Å². The predicted molar refractivity (Wildman–Crippen MR) is 45.3 cm³/mol. The van der Waals surface area contributed by atoms with Crippen LogP contribution in [0.4, 0.5) is 0 Å². The molecule has 0 aromatic rings. The zero-order chi connectivity index (χ0) is 9.11. The minimum Gasteiger partial charge on any atom is -0.400 e. The fraction of sp³-hybridized carbons (Fsp3) is 0.429. The molecule has 4 heteroatoms. The summed E-state index contributed by atoms with van der Waals surface area (Å²) in [6.45, 7) is 7.30. The van der Waals surface area contributed by atoms with E-state index in [1.54, 1.807) is 0 Å². The number of hydrogen-bond acceptors (Lipinski definition) is 4. The lowest BCUT2D eigenvalue weighted by molar-refractivity contribution is -0.108. The van der Waals surface area contributed by atoms with Crippen LogP contribution in [0.1, 0.15) is 6.42 Å². The summed E-state index contributed by atoms with van der Waals surface area (Å²) in [5.74, 6) is 0. The highest BCUT2D eigenvalue weighted by atomic mass is 16.2. The normalized spacial score (nSPS) is 7.09. The average molecular weight is 158 g/mol. The number of hydrazone groups is 1. The summed E-state index contributed by atoms with van der Waals surface area (Å²) in [6, 6.07) is 0. The average Bonchev–Trinajstić information content (AvgIpc) is 2.10. The lowest BCUT2D eigenvalue weighted by Crippen LogP contribution is -2.10. The van der Waals surface area contributed by atoms with Crippen molar-refractivity contribution in [2.24, 2.45) is 5.10 Å². The van der Waals surface area contributed by atoms with Crippen LogP contribution in [0.15, 0.2) is 17.9 Å². The topological polar surface area (TPSA) is 52.9 Å². The molecule has 0 saturated carbocycles. The van der Waals surface area contributed by atoms with Crippen molar-refractivity contribution >= 4 is 13.0 Å². The van der Waals surface area contributed by atoms with Crippen molar-refractivity contribution in [2.75, 3.05) is 13.7 Å². The second kappa shape index (κ2) is 11.6. The maximum atomic E-state index is 9.82. The number of carbonyl (C=O) groups is 1. The van der Waals surface area contributed by atoms with Gasteiger partial charge >= 0.3 is 0 Å². The van der Waals surface area contributed by atoms with Crippen LogP contribution in [0.2, 0.25) is 0 Å². The SMILES string of the molecule is C=CN(CCC=O)N=C.CO. The first-order chi connectivity index (χ1) is 5.35. The van der Waals surface area contributed by atoms with E-state index in [1.165, 1.54) is 11.2 Å². The van der Waals surface area contributed by atoms with Crippen molar-refractivity contribution in [1.29, 1.82) is 0 Å². The van der Waals surface area contributed by atoms with E-state index in [-0.39, 0.29) is 0 Å². The minimum atomic E-state index is 0.463. The second-order valence-electron chi connectivity index (χ2n) is 1.44. The van der Waals surface area contributed by atoms with Crippen LogP contribution in [0.5, 0.6) is 0 Å². The van der Waals surface area contributed by atoms with E-state index >= 15 is 0 Å². The second-order valence-corrected chi connectivity index (χ2v) is 1.44. The van der Waals surface area contributed by atoms with Gasteiger partial charge in [-0.3, -0.25) is 5.01 Å². The van der Waals surface area contributed by atoms with Crippen molar-refractivity contribution < 1.29 is 9.90 Å². The van der Waals surface area contributed by atoms with Crippen LogP contribution in [-0.4, -0.2) is 36.8 Å². The number of rotatable bonds is 5. The first kappa shape index (κ1) is 12.5. The molecule has 0 radical (unpaired) electrons. The molecule has 0 bridgehead atoms. The monoisotopic (exact) mass is 158 g/mol. The van der Waals surface area contributed by atoms with Crippen LogP contribution in [0, 0.1) is 0 Å². The van der Waals surface area contributed by atoms with Crippen LogP contribution < -0.4 is 0 Å². The van der Waals surface area contributed by atoms with Crippen LogP contribution in [-0.2, 0) is 4.79 Å². The van der Waals surface area contributed by atoms with Crippen molar-refractivity contribution in [3.05, 3.63) is 12.8 Å². The van der Waals surface area contributed by atoms with Gasteiger partial charge in [-0.1, -0.05) is 6.58 Å². The third-order valence-electron chi connectivity index (χ3n) is 0.868. The van der Waals surface area contributed by atoms with Gasteiger partial charge in [-0.2, -0.15) is 5.10 Å². The molecule has 11 heavy (non-hydrogen) atoms. The molecule has 0 spiro atoms. The van der Waals surface area contributed by atoms with Crippen LogP contribution >= 0.6 is 0 Å². The van der Waals surface area contributed by atoms with Gasteiger partial charge in [-0.15, -0.1) is 0 Å². The molecule has 0 fully saturated rings. The molecule has 0 saturated heterocycles. The third-order valence-corrected chi connectivity index (χ3v) is 0.868. The maximum absolute atomic E-state index is 9.82. The molecule has 0 aliphatic rings. The lowest BCUT2D eigenvalue weighted by atomic mass is 10.5. The summed E-state index contributed by atoms with van der Waals surface area (Å²) in [5, 5.41) is 12.1. The van der Waals surface area contributed by atoms with Gasteiger partial charge in [-0.25, -0.2) is 0 Å². The molecule has 0 unspecified atom stereocenters. The van der Waals surface area contributed by atoms with Crippen molar-refractivity contribution in [1.82, 2.24) is 5.01 Å². The molecule has 1 N–H and O–H groups in total. The Kier molecular flexibility index (Phi) is 13.2. The van der Waals surface area contributed by atoms with Gasteiger partial charge in [0.2, 0.25) is 0 Å². The first-order valence-corrected chi connectivity index (χ1v) is 3.09. The number of hydrogen-bond donors (Lipinski definition) is 1. The summed E-state index contributed by atoms with van der Waals surface area (Å²) in [7, 11) is 1.00. The van der Waals surface area contributed by atoms with Crippen molar-refractivity contribution in [2.45, 2.75) is 6.42 Å². The first-order valence-electron chi connectivity index (χ1n) is 3.09. The highest BCUT2D eigenvalue weighted by molar-refractivity contribution is 5.49. The fourth-order valence-electron chi connectivity index (χ4n) is 0.405. The Bertz CT molecular complexity index is 107. The molecule has 4 nitrogen and oxygen atoms in total. The molecule has 0 aliphatic heterocycles. The molecular weight excluding hydrogens is 144 g/mol. The quantitative estimate of drug-likeness (QED) is 0.354. The Morgan fingerprint density at radius 3 is 2.45 bits per heavy atom. The van der Waals surface area contributed by atoms with Gasteiger partial charge in [0.1, 0.15) is 6.29 Å². The van der Waals surface area contributed by atoms with Gasteiger partial charge in [0.25, 0.3) is 0 Å². The molecule has 0 atom stereocenters. The maximum Gasteiger partial charge on any atom is 0.121 e. The largest absolute Gasteiger partial charge is 0.400 e. The summed E-state index contributed by atoms with van der Waals surface area (Å²) >= 11 is 0. The van der Waals surface area contributed by atoms with Gasteiger partial charge in [0.15, 0.2) is 0 Å². The van der Waals surface area contributed by atoms with Crippen molar-refractivity contribution in [3.8, 4) is 0 Å². The molecule has 0 aromatic carbocycles. The molecule has 64 valence electrons. The van der Waals surface area contributed by atoms with Crippen molar-refractivity contribution in [3.63, 3.8) is 0 Å². The Labute approximate surface area is 66.8 Å². The Morgan fingerprint density at radius 2 is 2.18 bits per heavy atom. The smallest absolute Gasteiger partial charge is 0.121 e. The van der Waals surface area contributed by atoms with Crippen LogP contribution in [0.3, 0.4) is 0 Å². The highest BCUT2D eigenvalue weighted by Gasteiger charge is 1.89. The zero-order valence-corrected chi connectivity index (χ0v) is 6.73. The number of carbonyl (C=O) groups excluding carboxylic acids is 1. The number of nitrogens with zero attached hydrogens (tertiary/aromatic N) is 2. The van der Waals surface area contributed by atoms with Gasteiger partial charge < -0.3 is 9.90 Å². The van der Waals surface area contributed by atoms with E-state index in [0.717, 1.165) is 13.4 Å². The van der Waals surface area contributed by atoms with E-state index in [2.05, 4.69) is 18.4 Å². The molecule has 0 aliphatic carbocycles. The third kappa shape index (κ3) is 8.84. The Balaban J connectivity index is 0. The van der Waals surface area contributed by atoms with E-state index in [1.807, 2.05) is 0 Å². The van der Waals surface area contributed by atoms with Crippen LogP contribution in [0.25, 0.3) is 0 Å². The summed E-state index contributed by atoms with van der Waals surface area (Å²) in [6.07, 6.45) is 2.82. The van der Waals surface area contributed by atoms with E-state index < -0.39 is 0 Å². The zero-order valence-electron chi connectivity index (χ0n) is 6.73. The fourth-order valence-corrected chi connectivity index (χ4v) is 0.405. The van der Waals surface area contributed by atoms with E-state index in [9.17, 15) is 4.79 Å². The van der Waals surface area contributed by atoms with Gasteiger partial charge in [-0.05, 0) is 0 Å². The standard InChI is InChI=1S/C6H10N2O.CH4O/c1-3-8(7-2)5-4-6-9;1-2/h3,6H,1-2,4-5H2;2H,1H3. The number of aliphatic hydroxyl groups is 1. The van der Waals surface area contributed by atoms with E-state index in [4.69, 9.17) is 5.11 Å². The minimum absolute atomic E-state index is 0.463. The lowest BCUT2D eigenvalue weighted by Gasteiger charge is -2.08. The number of aldehydes is 1. The Morgan fingerprint density at radius 1 is 1.64 bits per heavy atom. The predicted octanol–water partition coefficient (Wildman–Crippen LogP) is 0.245.